The second-order valence-corrected chi connectivity index (χ2v) is 4.61. The van der Waals surface area contributed by atoms with E-state index in [0.29, 0.717) is 26.3 Å². The highest BCUT2D eigenvalue weighted by Gasteiger charge is 2.36. The molecule has 2 atom stereocenters. The van der Waals surface area contributed by atoms with E-state index >= 15 is 0 Å². The number of hydrogen-bond acceptors (Lipinski definition) is 4. The van der Waals surface area contributed by atoms with Gasteiger partial charge in [0.15, 0.2) is 0 Å². The Balaban J connectivity index is 2.59. The maximum absolute atomic E-state index is 12.4. The SMILES string of the molecule is CCNC(=O)CN(CC)C(=O)C1COCC1NCC. The minimum Gasteiger partial charge on any atom is -0.379 e. The van der Waals surface area contributed by atoms with Crippen LogP contribution in [-0.4, -0.2) is 62.1 Å². The van der Waals surface area contributed by atoms with Gasteiger partial charge in [0.1, 0.15) is 0 Å². The molecule has 1 rings (SSSR count). The second kappa shape index (κ2) is 8.12. The summed E-state index contributed by atoms with van der Waals surface area (Å²) in [6.07, 6.45) is 0. The normalized spacial score (nSPS) is 22.3. The van der Waals surface area contributed by atoms with Crippen molar-refractivity contribution in [1.29, 1.82) is 0 Å². The van der Waals surface area contributed by atoms with Crippen LogP contribution >= 0.6 is 0 Å². The molecule has 2 N–H and O–H groups in total. The molecule has 1 fully saturated rings. The molecule has 0 radical (unpaired) electrons. The molecule has 0 aromatic rings. The minimum atomic E-state index is -0.186. The van der Waals surface area contributed by atoms with E-state index in [2.05, 4.69) is 10.6 Å². The third-order valence-corrected chi connectivity index (χ3v) is 3.27. The number of nitrogens with zero attached hydrogens (tertiary/aromatic N) is 1. The number of rotatable bonds is 7. The Morgan fingerprint density at radius 3 is 2.53 bits per heavy atom. The van der Waals surface area contributed by atoms with Crippen molar-refractivity contribution in [2.24, 2.45) is 5.92 Å². The van der Waals surface area contributed by atoms with Crippen molar-refractivity contribution in [3.63, 3.8) is 0 Å². The molecule has 0 aromatic carbocycles. The molecular weight excluding hydrogens is 246 g/mol. The average molecular weight is 271 g/mol. The molecule has 2 amide bonds. The van der Waals surface area contributed by atoms with E-state index in [9.17, 15) is 9.59 Å². The monoisotopic (exact) mass is 271 g/mol. The maximum Gasteiger partial charge on any atom is 0.239 e. The molecule has 2 unspecified atom stereocenters. The summed E-state index contributed by atoms with van der Waals surface area (Å²) in [4.78, 5) is 25.6. The zero-order chi connectivity index (χ0) is 14.3. The molecular formula is C13H25N3O3. The van der Waals surface area contributed by atoms with Gasteiger partial charge in [0, 0.05) is 19.1 Å². The highest BCUT2D eigenvalue weighted by atomic mass is 16.5. The first-order valence-corrected chi connectivity index (χ1v) is 7.00. The van der Waals surface area contributed by atoms with Gasteiger partial charge in [0.2, 0.25) is 11.8 Å². The van der Waals surface area contributed by atoms with Crippen LogP contribution in [-0.2, 0) is 14.3 Å². The number of carbonyl (C=O) groups excluding carboxylic acids is 2. The van der Waals surface area contributed by atoms with E-state index in [1.807, 2.05) is 20.8 Å². The summed E-state index contributed by atoms with van der Waals surface area (Å²) in [5.41, 5.74) is 0. The van der Waals surface area contributed by atoms with Gasteiger partial charge in [-0.15, -0.1) is 0 Å². The molecule has 0 aliphatic carbocycles. The van der Waals surface area contributed by atoms with Gasteiger partial charge in [-0.3, -0.25) is 9.59 Å². The van der Waals surface area contributed by atoms with Crippen molar-refractivity contribution in [2.75, 3.05) is 39.4 Å². The molecule has 0 spiro atoms. The Kier molecular flexibility index (Phi) is 6.80. The summed E-state index contributed by atoms with van der Waals surface area (Å²) in [5.74, 6) is -0.303. The van der Waals surface area contributed by atoms with Crippen molar-refractivity contribution < 1.29 is 14.3 Å². The standard InChI is InChI=1S/C13H25N3O3/c1-4-14-11-9-19-8-10(11)13(18)16(6-3)7-12(17)15-5-2/h10-11,14H,4-9H2,1-3H3,(H,15,17). The Bertz CT molecular complexity index is 310. The predicted octanol–water partition coefficient (Wildman–Crippen LogP) is -0.404. The van der Waals surface area contributed by atoms with Crippen LogP contribution < -0.4 is 10.6 Å². The van der Waals surface area contributed by atoms with Crippen molar-refractivity contribution in [2.45, 2.75) is 26.8 Å². The van der Waals surface area contributed by atoms with Crippen LogP contribution in [0.3, 0.4) is 0 Å². The molecule has 0 bridgehead atoms. The number of carbonyl (C=O) groups is 2. The first-order valence-electron chi connectivity index (χ1n) is 7.00. The van der Waals surface area contributed by atoms with Gasteiger partial charge in [0.25, 0.3) is 0 Å². The number of ether oxygens (including phenoxy) is 1. The van der Waals surface area contributed by atoms with E-state index in [1.165, 1.54) is 0 Å². The van der Waals surface area contributed by atoms with Crippen molar-refractivity contribution in [3.05, 3.63) is 0 Å². The highest BCUT2D eigenvalue weighted by Crippen LogP contribution is 2.16. The lowest BCUT2D eigenvalue weighted by Gasteiger charge is -2.26. The molecule has 1 saturated heterocycles. The van der Waals surface area contributed by atoms with Crippen LogP contribution in [0.4, 0.5) is 0 Å². The van der Waals surface area contributed by atoms with E-state index in [0.717, 1.165) is 6.54 Å². The smallest absolute Gasteiger partial charge is 0.239 e. The fourth-order valence-electron chi connectivity index (χ4n) is 2.27. The van der Waals surface area contributed by atoms with Crippen molar-refractivity contribution in [1.82, 2.24) is 15.5 Å². The van der Waals surface area contributed by atoms with E-state index in [4.69, 9.17) is 4.74 Å². The Hall–Kier alpha value is -1.14. The molecule has 1 aliphatic heterocycles. The van der Waals surface area contributed by atoms with Crippen LogP contribution in [0.2, 0.25) is 0 Å². The average Bonchev–Trinajstić information content (AvgIpc) is 2.84. The van der Waals surface area contributed by atoms with Crippen LogP contribution in [0.1, 0.15) is 20.8 Å². The molecule has 0 saturated carbocycles. The van der Waals surface area contributed by atoms with E-state index < -0.39 is 0 Å². The lowest BCUT2D eigenvalue weighted by Crippen LogP contribution is -2.48. The van der Waals surface area contributed by atoms with Crippen LogP contribution in [0.5, 0.6) is 0 Å². The molecule has 6 nitrogen and oxygen atoms in total. The minimum absolute atomic E-state index is 0.00259. The molecule has 6 heteroatoms. The van der Waals surface area contributed by atoms with Gasteiger partial charge in [0.05, 0.1) is 25.7 Å². The third kappa shape index (κ3) is 4.47. The van der Waals surface area contributed by atoms with Gasteiger partial charge < -0.3 is 20.3 Å². The van der Waals surface area contributed by atoms with E-state index in [-0.39, 0.29) is 30.3 Å². The molecule has 1 heterocycles. The summed E-state index contributed by atoms with van der Waals surface area (Å²) in [5, 5.41) is 5.97. The number of amides is 2. The summed E-state index contributed by atoms with van der Waals surface area (Å²) in [6.45, 7) is 8.79. The fraction of sp³-hybridized carbons (Fsp3) is 0.846. The lowest BCUT2D eigenvalue weighted by atomic mass is 10.0. The second-order valence-electron chi connectivity index (χ2n) is 4.61. The summed E-state index contributed by atoms with van der Waals surface area (Å²) in [7, 11) is 0. The Labute approximate surface area is 114 Å². The number of likely N-dealkylation sites (N-methyl/N-ethyl adjacent to an activating group) is 3. The van der Waals surface area contributed by atoms with Crippen molar-refractivity contribution in [3.8, 4) is 0 Å². The maximum atomic E-state index is 12.4. The third-order valence-electron chi connectivity index (χ3n) is 3.27. The largest absolute Gasteiger partial charge is 0.379 e. The van der Waals surface area contributed by atoms with Crippen molar-refractivity contribution >= 4 is 11.8 Å². The van der Waals surface area contributed by atoms with Gasteiger partial charge in [-0.2, -0.15) is 0 Å². The van der Waals surface area contributed by atoms with Gasteiger partial charge in [-0.1, -0.05) is 6.92 Å². The summed E-state index contributed by atoms with van der Waals surface area (Å²) in [6, 6.07) is 0.0563. The van der Waals surface area contributed by atoms with Gasteiger partial charge in [-0.05, 0) is 20.4 Å². The molecule has 110 valence electrons. The molecule has 0 aromatic heterocycles. The Morgan fingerprint density at radius 2 is 1.95 bits per heavy atom. The summed E-state index contributed by atoms with van der Waals surface area (Å²) >= 11 is 0. The fourth-order valence-corrected chi connectivity index (χ4v) is 2.27. The van der Waals surface area contributed by atoms with Crippen LogP contribution in [0, 0.1) is 5.92 Å². The quantitative estimate of drug-likeness (QED) is 0.661. The van der Waals surface area contributed by atoms with E-state index in [1.54, 1.807) is 4.90 Å². The van der Waals surface area contributed by atoms with Crippen LogP contribution in [0.15, 0.2) is 0 Å². The zero-order valence-electron chi connectivity index (χ0n) is 12.1. The van der Waals surface area contributed by atoms with Gasteiger partial charge in [-0.25, -0.2) is 0 Å². The molecule has 19 heavy (non-hydrogen) atoms. The van der Waals surface area contributed by atoms with Crippen LogP contribution in [0.25, 0.3) is 0 Å². The van der Waals surface area contributed by atoms with Gasteiger partial charge >= 0.3 is 0 Å². The lowest BCUT2D eigenvalue weighted by molar-refractivity contribution is -0.139. The highest BCUT2D eigenvalue weighted by molar-refractivity contribution is 5.86. The number of hydrogen-bond donors (Lipinski definition) is 2. The first-order chi connectivity index (χ1) is 9.13. The topological polar surface area (TPSA) is 70.7 Å². The number of nitrogens with one attached hydrogen (secondary N) is 2. The Morgan fingerprint density at radius 1 is 1.21 bits per heavy atom. The first kappa shape index (κ1) is 15.9. The zero-order valence-corrected chi connectivity index (χ0v) is 12.1. The molecule has 1 aliphatic rings. The summed E-state index contributed by atoms with van der Waals surface area (Å²) < 4.78 is 5.38. The predicted molar refractivity (Wildman–Crippen MR) is 72.7 cm³/mol.